The van der Waals surface area contributed by atoms with Gasteiger partial charge in [0, 0.05) is 10.6 Å². The Balaban J connectivity index is 1.59. The zero-order valence-corrected chi connectivity index (χ0v) is 28.3. The molecule has 0 aliphatic carbocycles. The number of benzene rings is 6. The molecule has 0 aliphatic heterocycles. The quantitative estimate of drug-likeness (QED) is 0.139. The van der Waals surface area contributed by atoms with E-state index in [9.17, 15) is 0 Å². The molecule has 0 radical (unpaired) electrons. The standard InChI is InChI=1S/C42H40OP2/c1-31(2)33(4)38-28-18-30-40(45(36-24-13-7-14-25-36)37-26-15-8-16-27-37)42(38)43-41-32(3)19-17-29-39(41)44(34-20-9-5-10-21-34)35-22-11-6-12-23-35/h5-31,33H,1-4H3. The van der Waals surface area contributed by atoms with Crippen molar-refractivity contribution in [3.05, 3.63) is 169 Å². The summed E-state index contributed by atoms with van der Waals surface area (Å²) < 4.78 is 7.45. The van der Waals surface area contributed by atoms with Crippen molar-refractivity contribution in [1.29, 1.82) is 0 Å². The molecule has 6 aromatic carbocycles. The molecule has 0 spiro atoms. The number of aryl methyl sites for hydroxylation is 1. The monoisotopic (exact) mass is 622 g/mol. The lowest BCUT2D eigenvalue weighted by Gasteiger charge is -2.29. The van der Waals surface area contributed by atoms with E-state index >= 15 is 0 Å². The van der Waals surface area contributed by atoms with Crippen LogP contribution in [0.4, 0.5) is 0 Å². The Morgan fingerprint density at radius 3 is 1.20 bits per heavy atom. The highest BCUT2D eigenvalue weighted by molar-refractivity contribution is 7.80. The minimum absolute atomic E-state index is 0.320. The molecule has 6 rings (SSSR count). The predicted octanol–water partition coefficient (Wildman–Crippen LogP) is 9.06. The van der Waals surface area contributed by atoms with Crippen molar-refractivity contribution < 1.29 is 4.74 Å². The van der Waals surface area contributed by atoms with Crippen molar-refractivity contribution in [2.24, 2.45) is 5.92 Å². The molecule has 0 N–H and O–H groups in total. The molecule has 0 bridgehead atoms. The summed E-state index contributed by atoms with van der Waals surface area (Å²) in [6.07, 6.45) is 0. The zero-order valence-electron chi connectivity index (χ0n) is 26.5. The van der Waals surface area contributed by atoms with Gasteiger partial charge in [0.2, 0.25) is 0 Å². The molecule has 45 heavy (non-hydrogen) atoms. The highest BCUT2D eigenvalue weighted by atomic mass is 31.1. The Morgan fingerprint density at radius 1 is 0.422 bits per heavy atom. The van der Waals surface area contributed by atoms with Crippen molar-refractivity contribution in [3.8, 4) is 11.5 Å². The first-order valence-corrected chi connectivity index (χ1v) is 18.4. The number of ether oxygens (including phenoxy) is 1. The minimum Gasteiger partial charge on any atom is -0.455 e. The summed E-state index contributed by atoms with van der Waals surface area (Å²) in [6, 6.07) is 57.2. The fraction of sp³-hybridized carbons (Fsp3) is 0.143. The Morgan fingerprint density at radius 2 is 0.800 bits per heavy atom. The van der Waals surface area contributed by atoms with Crippen molar-refractivity contribution >= 4 is 47.7 Å². The van der Waals surface area contributed by atoms with Gasteiger partial charge in [-0.25, -0.2) is 0 Å². The molecule has 0 saturated carbocycles. The third-order valence-corrected chi connectivity index (χ3v) is 13.4. The van der Waals surface area contributed by atoms with Gasteiger partial charge in [0.25, 0.3) is 0 Å². The molecule has 1 atom stereocenters. The van der Waals surface area contributed by atoms with Gasteiger partial charge in [-0.1, -0.05) is 178 Å². The van der Waals surface area contributed by atoms with Gasteiger partial charge in [-0.3, -0.25) is 0 Å². The van der Waals surface area contributed by atoms with E-state index in [-0.39, 0.29) is 0 Å². The van der Waals surface area contributed by atoms with Crippen molar-refractivity contribution in [2.75, 3.05) is 0 Å². The van der Waals surface area contributed by atoms with Crippen LogP contribution in [0.2, 0.25) is 0 Å². The summed E-state index contributed by atoms with van der Waals surface area (Å²) in [5.41, 5.74) is 2.41. The third kappa shape index (κ3) is 6.82. The molecule has 0 saturated heterocycles. The maximum absolute atomic E-state index is 7.45. The molecular formula is C42H40OP2. The number of hydrogen-bond acceptors (Lipinski definition) is 1. The van der Waals surface area contributed by atoms with E-state index in [0.717, 1.165) is 17.1 Å². The van der Waals surface area contributed by atoms with Crippen LogP contribution in [0.1, 0.15) is 37.8 Å². The highest BCUT2D eigenvalue weighted by Gasteiger charge is 2.28. The van der Waals surface area contributed by atoms with Crippen molar-refractivity contribution in [3.63, 3.8) is 0 Å². The Hall–Kier alpha value is -4.02. The Kier molecular flexibility index (Phi) is 9.91. The van der Waals surface area contributed by atoms with Crippen LogP contribution in [0.25, 0.3) is 0 Å². The second kappa shape index (κ2) is 14.4. The number of hydrogen-bond donors (Lipinski definition) is 0. The molecule has 0 amide bonds. The number of para-hydroxylation sites is 2. The third-order valence-electron chi connectivity index (χ3n) is 8.45. The van der Waals surface area contributed by atoms with Crippen LogP contribution in [-0.2, 0) is 0 Å². The summed E-state index contributed by atoms with van der Waals surface area (Å²) in [5, 5.41) is 7.76. The Labute approximate surface area is 271 Å². The molecule has 6 aromatic rings. The van der Waals surface area contributed by atoms with E-state index in [1.807, 2.05) is 0 Å². The molecule has 1 unspecified atom stereocenters. The predicted molar refractivity (Wildman–Crippen MR) is 198 cm³/mol. The number of rotatable bonds is 10. The molecule has 0 aliphatic rings. The SMILES string of the molecule is Cc1cccc(P(c2ccccc2)c2ccccc2)c1Oc1c(C(C)C(C)C)cccc1P(c1ccccc1)c1ccccc1. The van der Waals surface area contributed by atoms with Gasteiger partial charge in [0.1, 0.15) is 11.5 Å². The van der Waals surface area contributed by atoms with Gasteiger partial charge >= 0.3 is 0 Å². The van der Waals surface area contributed by atoms with E-state index in [1.165, 1.54) is 37.4 Å². The van der Waals surface area contributed by atoms with E-state index in [2.05, 4.69) is 185 Å². The van der Waals surface area contributed by atoms with Gasteiger partial charge in [0.05, 0.1) is 0 Å². The lowest BCUT2D eigenvalue weighted by atomic mass is 9.89. The molecule has 1 nitrogen and oxygen atoms in total. The fourth-order valence-electron chi connectivity index (χ4n) is 5.76. The van der Waals surface area contributed by atoms with Gasteiger partial charge < -0.3 is 4.74 Å². The molecular weight excluding hydrogens is 582 g/mol. The molecule has 0 fully saturated rings. The van der Waals surface area contributed by atoms with E-state index in [4.69, 9.17) is 4.74 Å². The van der Waals surface area contributed by atoms with Gasteiger partial charge in [-0.05, 0) is 66.9 Å². The lowest BCUT2D eigenvalue weighted by Crippen LogP contribution is -2.25. The van der Waals surface area contributed by atoms with Crippen LogP contribution < -0.4 is 36.6 Å². The van der Waals surface area contributed by atoms with Crippen LogP contribution in [0.15, 0.2) is 158 Å². The normalized spacial score (nSPS) is 12.1. The van der Waals surface area contributed by atoms with Gasteiger partial charge in [-0.2, -0.15) is 0 Å². The molecule has 3 heteroatoms. The summed E-state index contributed by atoms with van der Waals surface area (Å²) >= 11 is 0. The second-order valence-electron chi connectivity index (χ2n) is 11.8. The van der Waals surface area contributed by atoms with Gasteiger partial charge in [-0.15, -0.1) is 0 Å². The van der Waals surface area contributed by atoms with Crippen LogP contribution in [0.5, 0.6) is 11.5 Å². The first kappa shape index (κ1) is 31.0. The topological polar surface area (TPSA) is 9.23 Å². The maximum atomic E-state index is 7.45. The van der Waals surface area contributed by atoms with E-state index in [0.29, 0.717) is 11.8 Å². The summed E-state index contributed by atoms with van der Waals surface area (Å²) in [6.45, 7) is 9.14. The van der Waals surface area contributed by atoms with E-state index < -0.39 is 15.8 Å². The molecule has 0 aromatic heterocycles. The molecule has 0 heterocycles. The first-order chi connectivity index (χ1) is 22.0. The first-order valence-electron chi connectivity index (χ1n) is 15.7. The fourth-order valence-corrected chi connectivity index (χ4v) is 10.6. The maximum Gasteiger partial charge on any atom is 0.139 e. The smallest absolute Gasteiger partial charge is 0.139 e. The van der Waals surface area contributed by atoms with Crippen molar-refractivity contribution in [1.82, 2.24) is 0 Å². The highest BCUT2D eigenvalue weighted by Crippen LogP contribution is 2.44. The Bertz CT molecular complexity index is 1740. The van der Waals surface area contributed by atoms with Crippen LogP contribution in [0.3, 0.4) is 0 Å². The zero-order chi connectivity index (χ0) is 31.2. The average molecular weight is 623 g/mol. The van der Waals surface area contributed by atoms with E-state index in [1.54, 1.807) is 0 Å². The van der Waals surface area contributed by atoms with Crippen LogP contribution >= 0.6 is 15.8 Å². The van der Waals surface area contributed by atoms with Gasteiger partial charge in [0.15, 0.2) is 0 Å². The largest absolute Gasteiger partial charge is 0.455 e. The summed E-state index contributed by atoms with van der Waals surface area (Å²) in [5.74, 6) is 2.76. The lowest BCUT2D eigenvalue weighted by molar-refractivity contribution is 0.457. The van der Waals surface area contributed by atoms with Crippen LogP contribution in [-0.4, -0.2) is 0 Å². The van der Waals surface area contributed by atoms with Crippen LogP contribution in [0, 0.1) is 12.8 Å². The second-order valence-corrected chi connectivity index (χ2v) is 16.1. The summed E-state index contributed by atoms with van der Waals surface area (Å²) in [7, 11) is -1.71. The minimum atomic E-state index is -0.865. The average Bonchev–Trinajstić information content (AvgIpc) is 3.08. The van der Waals surface area contributed by atoms with Crippen molar-refractivity contribution in [2.45, 2.75) is 33.6 Å². The summed E-state index contributed by atoms with van der Waals surface area (Å²) in [4.78, 5) is 0. The molecule has 224 valence electrons.